The smallest absolute Gasteiger partial charge is 0.343 e. The molecule has 6 rings (SSSR count). The van der Waals surface area contributed by atoms with E-state index in [1.807, 2.05) is 66.7 Å². The van der Waals surface area contributed by atoms with Crippen LogP contribution in [0.3, 0.4) is 0 Å². The number of rotatable bonds is 12. The normalized spacial score (nSPS) is 15.2. The lowest BCUT2D eigenvalue weighted by molar-refractivity contribution is 0.0523. The third-order valence-corrected chi connectivity index (χ3v) is 11.3. The lowest BCUT2D eigenvalue weighted by Gasteiger charge is -2.36. The number of carbonyl (C=O) groups excluding carboxylic acids is 1. The number of anilines is 1. The lowest BCUT2D eigenvalue weighted by atomic mass is 10.1. The molecule has 11 heteroatoms. The van der Waals surface area contributed by atoms with Gasteiger partial charge in [-0.2, -0.15) is 4.31 Å². The Morgan fingerprint density at radius 2 is 1.49 bits per heavy atom. The van der Waals surface area contributed by atoms with Crippen molar-refractivity contribution < 1.29 is 27.4 Å². The fourth-order valence-electron chi connectivity index (χ4n) is 6.11. The number of esters is 1. The SMILES string of the molecule is CCOC(=O)c1cc2cccc3c2n(c1=O)CCN3CC1(S(=O)(=O)N(Cc2ccc(OC)cc2)Cc2ccc(OC)cc2)CC1. The summed E-state index contributed by atoms with van der Waals surface area (Å²) in [5.41, 5.74) is 2.80. The minimum Gasteiger partial charge on any atom is -0.497 e. The van der Waals surface area contributed by atoms with Gasteiger partial charge in [0, 0.05) is 38.1 Å². The summed E-state index contributed by atoms with van der Waals surface area (Å²) in [6.45, 7) is 3.37. The summed E-state index contributed by atoms with van der Waals surface area (Å²) in [5, 5.41) is 0.730. The van der Waals surface area contributed by atoms with Crippen molar-refractivity contribution in [1.82, 2.24) is 8.87 Å². The molecule has 0 spiro atoms. The molecule has 0 radical (unpaired) electrons. The molecule has 0 N–H and O–H groups in total. The summed E-state index contributed by atoms with van der Waals surface area (Å²) in [6.07, 6.45) is 1.08. The van der Waals surface area contributed by atoms with Gasteiger partial charge < -0.3 is 23.7 Å². The Hall–Kier alpha value is -4.35. The van der Waals surface area contributed by atoms with Gasteiger partial charge in [-0.25, -0.2) is 13.2 Å². The van der Waals surface area contributed by atoms with E-state index in [2.05, 4.69) is 4.90 Å². The molecule has 1 fully saturated rings. The van der Waals surface area contributed by atoms with Crippen LogP contribution in [0, 0.1) is 0 Å². The van der Waals surface area contributed by atoms with Crippen molar-refractivity contribution in [2.75, 3.05) is 38.8 Å². The minimum atomic E-state index is -3.80. The van der Waals surface area contributed by atoms with Crippen molar-refractivity contribution in [3.8, 4) is 11.5 Å². The predicted octanol–water partition coefficient (Wildman–Crippen LogP) is 4.58. The first-order valence-corrected chi connectivity index (χ1v) is 16.5. The molecule has 10 nitrogen and oxygen atoms in total. The number of para-hydroxylation sites is 1. The molecule has 0 unspecified atom stereocenters. The molecule has 0 saturated heterocycles. The summed E-state index contributed by atoms with van der Waals surface area (Å²) in [7, 11) is -0.599. The third kappa shape index (κ3) is 5.78. The van der Waals surface area contributed by atoms with E-state index in [4.69, 9.17) is 14.2 Å². The number of methoxy groups -OCH3 is 2. The topological polar surface area (TPSA) is 107 Å². The highest BCUT2D eigenvalue weighted by Crippen LogP contribution is 2.48. The highest BCUT2D eigenvalue weighted by molar-refractivity contribution is 7.90. The van der Waals surface area contributed by atoms with Gasteiger partial charge in [0.05, 0.1) is 32.0 Å². The highest BCUT2D eigenvalue weighted by Gasteiger charge is 2.58. The summed E-state index contributed by atoms with van der Waals surface area (Å²) >= 11 is 0. The molecule has 2 heterocycles. The van der Waals surface area contributed by atoms with Gasteiger partial charge in [0.15, 0.2) is 0 Å². The van der Waals surface area contributed by atoms with Crippen LogP contribution in [-0.4, -0.2) is 61.9 Å². The van der Waals surface area contributed by atoms with Gasteiger partial charge in [-0.15, -0.1) is 0 Å². The number of sulfonamides is 1. The van der Waals surface area contributed by atoms with E-state index in [1.165, 1.54) is 0 Å². The van der Waals surface area contributed by atoms with Crippen molar-refractivity contribution in [3.05, 3.63) is 99.8 Å². The van der Waals surface area contributed by atoms with Gasteiger partial charge in [0.25, 0.3) is 5.56 Å². The van der Waals surface area contributed by atoms with Gasteiger partial charge in [0.1, 0.15) is 21.8 Å². The first-order valence-electron chi connectivity index (χ1n) is 15.0. The van der Waals surface area contributed by atoms with Crippen molar-refractivity contribution in [1.29, 1.82) is 0 Å². The highest BCUT2D eigenvalue weighted by atomic mass is 32.2. The Morgan fingerprint density at radius 1 is 0.889 bits per heavy atom. The molecule has 1 aromatic heterocycles. The van der Waals surface area contributed by atoms with Crippen LogP contribution in [0.2, 0.25) is 0 Å². The van der Waals surface area contributed by atoms with E-state index in [-0.39, 0.29) is 25.3 Å². The van der Waals surface area contributed by atoms with E-state index in [0.717, 1.165) is 22.2 Å². The van der Waals surface area contributed by atoms with Crippen molar-refractivity contribution >= 4 is 32.6 Å². The molecule has 1 aliphatic carbocycles. The maximum atomic E-state index is 14.6. The van der Waals surface area contributed by atoms with Crippen molar-refractivity contribution in [3.63, 3.8) is 0 Å². The van der Waals surface area contributed by atoms with E-state index in [1.54, 1.807) is 36.1 Å². The molecule has 236 valence electrons. The first kappa shape index (κ1) is 30.7. The molecule has 4 aromatic rings. The first-order chi connectivity index (χ1) is 21.7. The molecular formula is C34H37N3O7S. The fraction of sp³-hybridized carbons (Fsp3) is 0.353. The van der Waals surface area contributed by atoms with E-state index < -0.39 is 26.3 Å². The van der Waals surface area contributed by atoms with E-state index >= 15 is 0 Å². The number of hydrogen-bond acceptors (Lipinski definition) is 8. The Kier molecular flexibility index (Phi) is 8.32. The van der Waals surface area contributed by atoms with Crippen LogP contribution in [-0.2, 0) is 34.4 Å². The molecule has 0 amide bonds. The summed E-state index contributed by atoms with van der Waals surface area (Å²) < 4.78 is 47.2. The third-order valence-electron chi connectivity index (χ3n) is 8.73. The lowest BCUT2D eigenvalue weighted by Crippen LogP contribution is -2.48. The zero-order chi connectivity index (χ0) is 31.8. The standard InChI is InChI=1S/C34H37N3O7S/c1-4-44-33(39)29-20-26-6-5-7-30-31(26)37(32(29)38)19-18-35(30)23-34(16-17-34)45(40,41)36(21-24-8-12-27(42-2)13-9-24)22-25-10-14-28(43-3)15-11-25/h5-15,20H,4,16-19,21-23H2,1-3H3. The average molecular weight is 632 g/mol. The van der Waals surface area contributed by atoms with Gasteiger partial charge in [0.2, 0.25) is 10.0 Å². The van der Waals surface area contributed by atoms with Crippen LogP contribution in [0.15, 0.2) is 77.6 Å². The van der Waals surface area contributed by atoms with Gasteiger partial charge >= 0.3 is 5.97 Å². The number of carbonyl (C=O) groups is 1. The number of aromatic nitrogens is 1. The zero-order valence-corrected chi connectivity index (χ0v) is 26.5. The number of benzene rings is 3. The van der Waals surface area contributed by atoms with Crippen LogP contribution in [0.25, 0.3) is 10.9 Å². The largest absolute Gasteiger partial charge is 0.497 e. The Labute approximate surface area is 262 Å². The zero-order valence-electron chi connectivity index (χ0n) is 25.7. The van der Waals surface area contributed by atoms with Gasteiger partial charge in [-0.1, -0.05) is 36.4 Å². The summed E-state index contributed by atoms with van der Waals surface area (Å²) in [5.74, 6) is 0.767. The molecule has 3 aromatic carbocycles. The van der Waals surface area contributed by atoms with Crippen LogP contribution in [0.5, 0.6) is 11.5 Å². The fourth-order valence-corrected chi connectivity index (χ4v) is 8.23. The van der Waals surface area contributed by atoms with Crippen LogP contribution < -0.4 is 19.9 Å². The second-order valence-electron chi connectivity index (χ2n) is 11.5. The van der Waals surface area contributed by atoms with Crippen molar-refractivity contribution in [2.45, 2.75) is 44.1 Å². The molecule has 2 aliphatic rings. The monoisotopic (exact) mass is 631 g/mol. The quantitative estimate of drug-likeness (QED) is 0.209. The molecule has 1 saturated carbocycles. The Morgan fingerprint density at radius 3 is 2.02 bits per heavy atom. The van der Waals surface area contributed by atoms with E-state index in [9.17, 15) is 18.0 Å². The van der Waals surface area contributed by atoms with Gasteiger partial charge in [-0.3, -0.25) is 4.79 Å². The number of pyridine rings is 1. The second kappa shape index (κ2) is 12.2. The Bertz CT molecular complexity index is 1830. The molecule has 0 bridgehead atoms. The van der Waals surface area contributed by atoms with Crippen LogP contribution >= 0.6 is 0 Å². The predicted molar refractivity (Wildman–Crippen MR) is 172 cm³/mol. The van der Waals surface area contributed by atoms with Crippen molar-refractivity contribution in [2.24, 2.45) is 0 Å². The molecule has 45 heavy (non-hydrogen) atoms. The van der Waals surface area contributed by atoms with Crippen LogP contribution in [0.1, 0.15) is 41.3 Å². The maximum absolute atomic E-state index is 14.6. The summed E-state index contributed by atoms with van der Waals surface area (Å²) in [6, 6.07) is 22.1. The number of nitrogens with zero attached hydrogens (tertiary/aromatic N) is 3. The van der Waals surface area contributed by atoms with E-state index in [0.29, 0.717) is 49.5 Å². The minimum absolute atomic E-state index is 0.00361. The number of ether oxygens (including phenoxy) is 3. The average Bonchev–Trinajstić information content (AvgIpc) is 3.85. The number of hydrogen-bond donors (Lipinski definition) is 0. The second-order valence-corrected chi connectivity index (χ2v) is 13.9. The maximum Gasteiger partial charge on any atom is 0.343 e. The van der Waals surface area contributed by atoms with Crippen LogP contribution in [0.4, 0.5) is 5.69 Å². The Balaban J connectivity index is 1.33. The van der Waals surface area contributed by atoms with Gasteiger partial charge in [-0.05, 0) is 67.3 Å². The molecular weight excluding hydrogens is 594 g/mol. The molecule has 1 aliphatic heterocycles. The summed E-state index contributed by atoms with van der Waals surface area (Å²) in [4.78, 5) is 27.9. The molecule has 0 atom stereocenters.